The molecule has 3 aromatic heterocycles. The summed E-state index contributed by atoms with van der Waals surface area (Å²) in [6, 6.07) is 12.3. The average molecular weight is 429 g/mol. The summed E-state index contributed by atoms with van der Waals surface area (Å²) in [5, 5.41) is 7.38. The molecule has 0 radical (unpaired) electrons. The number of nitrogens with one attached hydrogen (secondary N) is 2. The third kappa shape index (κ3) is 3.48. The molecule has 1 aliphatic heterocycles. The molecule has 0 fully saturated rings. The molecule has 0 bridgehead atoms. The molecule has 4 heterocycles. The van der Waals surface area contributed by atoms with E-state index in [2.05, 4.69) is 65.6 Å². The summed E-state index contributed by atoms with van der Waals surface area (Å²) >= 11 is 0. The first kappa shape index (κ1) is 20.5. The van der Waals surface area contributed by atoms with Crippen molar-refractivity contribution in [2.45, 2.75) is 52.7 Å². The Labute approximate surface area is 187 Å². The molecule has 4 aromatic rings. The van der Waals surface area contributed by atoms with Crippen molar-refractivity contribution < 1.29 is 0 Å². The van der Waals surface area contributed by atoms with Crippen molar-refractivity contribution in [2.24, 2.45) is 0 Å². The van der Waals surface area contributed by atoms with Gasteiger partial charge in [-0.1, -0.05) is 26.8 Å². The fourth-order valence-electron chi connectivity index (χ4n) is 4.26. The fraction of sp³-hybridized carbons (Fsp3) is 0.320. The summed E-state index contributed by atoms with van der Waals surface area (Å²) < 4.78 is 3.73. The molecular formula is C25H28N6O. The van der Waals surface area contributed by atoms with E-state index in [-0.39, 0.29) is 11.0 Å². The number of fused-ring (bicyclic) bond motifs is 2. The van der Waals surface area contributed by atoms with Gasteiger partial charge in [-0.05, 0) is 42.3 Å². The van der Waals surface area contributed by atoms with Crippen LogP contribution in [0.2, 0.25) is 0 Å². The number of rotatable bonds is 4. The first-order valence-electron chi connectivity index (χ1n) is 11.0. The van der Waals surface area contributed by atoms with Crippen LogP contribution in [0.25, 0.3) is 16.6 Å². The Bertz CT molecular complexity index is 1380. The number of hydrogen-bond acceptors (Lipinski definition) is 5. The van der Waals surface area contributed by atoms with Gasteiger partial charge in [-0.25, -0.2) is 14.3 Å². The van der Waals surface area contributed by atoms with E-state index in [1.807, 2.05) is 29.9 Å². The zero-order chi connectivity index (χ0) is 22.5. The molecule has 1 aromatic carbocycles. The Morgan fingerprint density at radius 1 is 1.06 bits per heavy atom. The van der Waals surface area contributed by atoms with Crippen LogP contribution in [-0.4, -0.2) is 19.3 Å². The summed E-state index contributed by atoms with van der Waals surface area (Å²) in [4.78, 5) is 22.2. The minimum absolute atomic E-state index is 0.0423. The maximum Gasteiger partial charge on any atom is 0.276 e. The van der Waals surface area contributed by atoms with Crippen LogP contribution in [0.1, 0.15) is 44.5 Å². The molecule has 1 aliphatic rings. The van der Waals surface area contributed by atoms with Gasteiger partial charge in [-0.15, -0.1) is 0 Å². The standard InChI is InChI=1S/C25H28N6O/c1-5-30-24(32)20-15-28-23(29-18-7-6-16-13-26-14-17(16)10-18)12-21(20)31(30)19-8-9-27-22(11-19)25(2,3)4/h6-12,15,26H,5,13-14H2,1-4H3,(H,28,29). The van der Waals surface area contributed by atoms with E-state index in [1.165, 1.54) is 11.1 Å². The molecule has 0 saturated carbocycles. The predicted molar refractivity (Wildman–Crippen MR) is 128 cm³/mol. The third-order valence-electron chi connectivity index (χ3n) is 5.98. The molecule has 2 N–H and O–H groups in total. The van der Waals surface area contributed by atoms with Crippen LogP contribution in [0.4, 0.5) is 11.5 Å². The van der Waals surface area contributed by atoms with Gasteiger partial charge in [0.2, 0.25) is 0 Å². The van der Waals surface area contributed by atoms with Crippen molar-refractivity contribution in [3.63, 3.8) is 0 Å². The van der Waals surface area contributed by atoms with Crippen LogP contribution in [0.5, 0.6) is 0 Å². The lowest BCUT2D eigenvalue weighted by Gasteiger charge is -2.19. The molecule has 0 unspecified atom stereocenters. The van der Waals surface area contributed by atoms with Crippen molar-refractivity contribution in [1.29, 1.82) is 0 Å². The van der Waals surface area contributed by atoms with Gasteiger partial charge in [0.05, 0.1) is 16.6 Å². The number of nitrogens with zero attached hydrogens (tertiary/aromatic N) is 4. The summed E-state index contributed by atoms with van der Waals surface area (Å²) in [7, 11) is 0. The number of anilines is 2. The van der Waals surface area contributed by atoms with Crippen LogP contribution in [0, 0.1) is 0 Å². The van der Waals surface area contributed by atoms with E-state index in [4.69, 9.17) is 0 Å². The highest BCUT2D eigenvalue weighted by Crippen LogP contribution is 2.26. The Balaban J connectivity index is 1.62. The van der Waals surface area contributed by atoms with Crippen molar-refractivity contribution in [3.05, 3.63) is 76.0 Å². The average Bonchev–Trinajstić information content (AvgIpc) is 3.34. The number of aromatic nitrogens is 4. The minimum atomic E-state index is -0.0903. The van der Waals surface area contributed by atoms with Gasteiger partial charge in [-0.2, -0.15) is 0 Å². The Morgan fingerprint density at radius 3 is 2.66 bits per heavy atom. The molecule has 164 valence electrons. The third-order valence-corrected chi connectivity index (χ3v) is 5.98. The van der Waals surface area contributed by atoms with Crippen molar-refractivity contribution in [1.82, 2.24) is 24.6 Å². The van der Waals surface area contributed by atoms with Crippen LogP contribution in [0.3, 0.4) is 0 Å². The lowest BCUT2D eigenvalue weighted by Crippen LogP contribution is -2.22. The van der Waals surface area contributed by atoms with Gasteiger partial charge in [0.15, 0.2) is 0 Å². The SMILES string of the molecule is CCn1c(=O)c2cnc(Nc3ccc4c(c3)CNC4)cc2n1-c1ccnc(C(C)(C)C)c1. The van der Waals surface area contributed by atoms with Crippen LogP contribution in [-0.2, 0) is 25.0 Å². The molecule has 0 saturated heterocycles. The predicted octanol–water partition coefficient (Wildman–Crippen LogP) is 4.25. The van der Waals surface area contributed by atoms with Crippen molar-refractivity contribution >= 4 is 22.4 Å². The van der Waals surface area contributed by atoms with Crippen LogP contribution in [0.15, 0.2) is 53.6 Å². The molecule has 0 amide bonds. The zero-order valence-corrected chi connectivity index (χ0v) is 18.9. The molecular weight excluding hydrogens is 400 g/mol. The van der Waals surface area contributed by atoms with E-state index in [0.29, 0.717) is 17.7 Å². The maximum absolute atomic E-state index is 13.1. The second-order valence-corrected chi connectivity index (χ2v) is 9.28. The highest BCUT2D eigenvalue weighted by Gasteiger charge is 2.19. The maximum atomic E-state index is 13.1. The Hall–Kier alpha value is -3.45. The largest absolute Gasteiger partial charge is 0.340 e. The lowest BCUT2D eigenvalue weighted by molar-refractivity contribution is 0.558. The number of hydrogen-bond donors (Lipinski definition) is 2. The summed E-state index contributed by atoms with van der Waals surface area (Å²) in [6.07, 6.45) is 3.48. The Morgan fingerprint density at radius 2 is 1.88 bits per heavy atom. The molecule has 0 spiro atoms. The van der Waals surface area contributed by atoms with Crippen molar-refractivity contribution in [3.8, 4) is 5.69 Å². The van der Waals surface area contributed by atoms with Gasteiger partial charge in [0.25, 0.3) is 5.56 Å². The molecule has 0 atom stereocenters. The Kier molecular flexibility index (Phi) is 4.86. The first-order valence-corrected chi connectivity index (χ1v) is 11.0. The van der Waals surface area contributed by atoms with Crippen LogP contribution >= 0.6 is 0 Å². The number of pyridine rings is 2. The topological polar surface area (TPSA) is 76.8 Å². The minimum Gasteiger partial charge on any atom is -0.340 e. The lowest BCUT2D eigenvalue weighted by atomic mass is 9.91. The quantitative estimate of drug-likeness (QED) is 0.508. The fourth-order valence-corrected chi connectivity index (χ4v) is 4.26. The molecule has 0 aliphatic carbocycles. The van der Waals surface area contributed by atoms with Gasteiger partial charge in [0, 0.05) is 54.9 Å². The zero-order valence-electron chi connectivity index (χ0n) is 18.9. The van der Waals surface area contributed by atoms with Gasteiger partial charge < -0.3 is 10.6 Å². The molecule has 32 heavy (non-hydrogen) atoms. The monoisotopic (exact) mass is 428 g/mol. The first-order chi connectivity index (χ1) is 15.3. The van der Waals surface area contributed by atoms with Crippen molar-refractivity contribution in [2.75, 3.05) is 5.32 Å². The summed E-state index contributed by atoms with van der Waals surface area (Å²) in [5.74, 6) is 0.704. The highest BCUT2D eigenvalue weighted by molar-refractivity contribution is 5.82. The highest BCUT2D eigenvalue weighted by atomic mass is 16.1. The second-order valence-electron chi connectivity index (χ2n) is 9.28. The molecule has 7 heteroatoms. The van der Waals surface area contributed by atoms with Gasteiger partial charge in [-0.3, -0.25) is 9.78 Å². The molecule has 5 rings (SSSR count). The normalized spacial score (nSPS) is 13.5. The van der Waals surface area contributed by atoms with E-state index >= 15 is 0 Å². The van der Waals surface area contributed by atoms with E-state index in [9.17, 15) is 4.79 Å². The van der Waals surface area contributed by atoms with E-state index in [0.717, 1.165) is 35.7 Å². The van der Waals surface area contributed by atoms with Gasteiger partial charge >= 0.3 is 0 Å². The molecule has 7 nitrogen and oxygen atoms in total. The van der Waals surface area contributed by atoms with Crippen LogP contribution < -0.4 is 16.2 Å². The smallest absolute Gasteiger partial charge is 0.276 e. The summed E-state index contributed by atoms with van der Waals surface area (Å²) in [5.41, 5.74) is 6.21. The van der Waals surface area contributed by atoms with Gasteiger partial charge in [0.1, 0.15) is 5.82 Å². The second kappa shape index (κ2) is 7.60. The summed E-state index contributed by atoms with van der Waals surface area (Å²) in [6.45, 7) is 10.7. The van der Waals surface area contributed by atoms with E-state index < -0.39 is 0 Å². The van der Waals surface area contributed by atoms with E-state index in [1.54, 1.807) is 10.9 Å². The number of benzene rings is 1.